The minimum Gasteiger partial charge on any atom is -0.368 e. The van der Waals surface area contributed by atoms with Crippen molar-refractivity contribution >= 4 is 23.5 Å². The first-order chi connectivity index (χ1) is 12.9. The maximum atomic E-state index is 11.9. The van der Waals surface area contributed by atoms with Gasteiger partial charge >= 0.3 is 0 Å². The number of aromatic nitrogens is 3. The van der Waals surface area contributed by atoms with Gasteiger partial charge in [-0.1, -0.05) is 12.1 Å². The zero-order valence-electron chi connectivity index (χ0n) is 16.1. The fourth-order valence-corrected chi connectivity index (χ4v) is 3.45. The molecule has 1 atom stereocenters. The molecule has 8 nitrogen and oxygen atoms in total. The third-order valence-electron chi connectivity index (χ3n) is 4.63. The minimum atomic E-state index is 0.191. The Morgan fingerprint density at radius 3 is 2.85 bits per heavy atom. The van der Waals surface area contributed by atoms with Crippen LogP contribution in [0.1, 0.15) is 24.7 Å². The van der Waals surface area contributed by atoms with E-state index in [-0.39, 0.29) is 11.9 Å². The number of nitrogens with two attached hydrogens (primary N) is 1. The molecular weight excluding hydrogens is 342 g/mol. The summed E-state index contributed by atoms with van der Waals surface area (Å²) in [6, 6.07) is 7.97. The molecule has 144 valence electrons. The molecule has 8 heteroatoms. The lowest BCUT2D eigenvalue weighted by molar-refractivity contribution is -0.127. The first kappa shape index (κ1) is 19.0. The molecular formula is C19H27N7O. The largest absolute Gasteiger partial charge is 0.368 e. The van der Waals surface area contributed by atoms with Crippen LogP contribution in [-0.4, -0.2) is 57.3 Å². The molecule has 1 saturated heterocycles. The van der Waals surface area contributed by atoms with Crippen LogP contribution in [0.2, 0.25) is 0 Å². The molecule has 2 aromatic rings. The molecule has 1 fully saturated rings. The van der Waals surface area contributed by atoms with Crippen LogP contribution in [0, 0.1) is 12.8 Å². The summed E-state index contributed by atoms with van der Waals surface area (Å²) in [4.78, 5) is 28.8. The molecule has 3 N–H and O–H groups in total. The molecule has 0 saturated carbocycles. The van der Waals surface area contributed by atoms with Crippen LogP contribution < -0.4 is 11.1 Å². The third-order valence-corrected chi connectivity index (χ3v) is 4.63. The highest BCUT2D eigenvalue weighted by molar-refractivity contribution is 5.78. The third kappa shape index (κ3) is 5.13. The van der Waals surface area contributed by atoms with Crippen LogP contribution in [0.5, 0.6) is 0 Å². The summed E-state index contributed by atoms with van der Waals surface area (Å²) in [5.41, 5.74) is 7.92. The summed E-state index contributed by atoms with van der Waals surface area (Å²) in [6.45, 7) is 7.00. The summed E-state index contributed by atoms with van der Waals surface area (Å²) in [5.74, 6) is 1.81. The van der Waals surface area contributed by atoms with E-state index in [0.29, 0.717) is 30.7 Å². The van der Waals surface area contributed by atoms with Crippen molar-refractivity contribution in [1.82, 2.24) is 24.8 Å². The number of anilines is 3. The van der Waals surface area contributed by atoms with Crippen LogP contribution >= 0.6 is 0 Å². The zero-order valence-corrected chi connectivity index (χ0v) is 16.1. The van der Waals surface area contributed by atoms with Gasteiger partial charge in [0.15, 0.2) is 0 Å². The quantitative estimate of drug-likeness (QED) is 0.767. The standard InChI is InChI=1S/C19H27N7O/c1-4-26-11-14(9-17(26)27)10-25(3)12-16-22-18(20)24-19(23-16)21-15-7-5-6-13(2)8-15/h5-8,14H,4,9-12H2,1-3H3,(H3,20,21,22,23,24)/t14-/m1/s1. The molecule has 3 rings (SSSR count). The normalized spacial score (nSPS) is 17.0. The topological polar surface area (TPSA) is 100 Å². The predicted octanol–water partition coefficient (Wildman–Crippen LogP) is 1.81. The first-order valence-corrected chi connectivity index (χ1v) is 9.23. The van der Waals surface area contributed by atoms with Gasteiger partial charge in [-0.05, 0) is 44.5 Å². The van der Waals surface area contributed by atoms with E-state index in [1.807, 2.05) is 50.1 Å². The number of likely N-dealkylation sites (tertiary alicyclic amines) is 1. The fraction of sp³-hybridized carbons (Fsp3) is 0.474. The smallest absolute Gasteiger partial charge is 0.232 e. The van der Waals surface area contributed by atoms with Crippen molar-refractivity contribution in [3.8, 4) is 0 Å². The second-order valence-electron chi connectivity index (χ2n) is 7.13. The molecule has 0 radical (unpaired) electrons. The van der Waals surface area contributed by atoms with Crippen molar-refractivity contribution in [2.75, 3.05) is 37.7 Å². The lowest BCUT2D eigenvalue weighted by atomic mass is 10.1. The van der Waals surface area contributed by atoms with Crippen molar-refractivity contribution in [3.05, 3.63) is 35.7 Å². The molecule has 1 amide bonds. The second kappa shape index (κ2) is 8.30. The molecule has 1 aromatic heterocycles. The van der Waals surface area contributed by atoms with Crippen LogP contribution in [0.4, 0.5) is 17.6 Å². The van der Waals surface area contributed by atoms with Crippen molar-refractivity contribution < 1.29 is 4.79 Å². The number of carbonyl (C=O) groups is 1. The lowest BCUT2D eigenvalue weighted by Gasteiger charge is -2.20. The monoisotopic (exact) mass is 369 g/mol. The summed E-state index contributed by atoms with van der Waals surface area (Å²) < 4.78 is 0. The summed E-state index contributed by atoms with van der Waals surface area (Å²) in [5, 5.41) is 3.18. The average Bonchev–Trinajstić information content (AvgIpc) is 2.93. The summed E-state index contributed by atoms with van der Waals surface area (Å²) >= 11 is 0. The zero-order chi connectivity index (χ0) is 19.4. The fourth-order valence-electron chi connectivity index (χ4n) is 3.45. The van der Waals surface area contributed by atoms with Gasteiger partial charge in [-0.2, -0.15) is 15.0 Å². The summed E-state index contributed by atoms with van der Waals surface area (Å²) in [7, 11) is 2.01. The maximum absolute atomic E-state index is 11.9. The molecule has 0 spiro atoms. The van der Waals surface area contributed by atoms with Crippen molar-refractivity contribution in [1.29, 1.82) is 0 Å². The Morgan fingerprint density at radius 2 is 2.15 bits per heavy atom. The number of hydrogen-bond acceptors (Lipinski definition) is 7. The van der Waals surface area contributed by atoms with Gasteiger partial charge in [0.05, 0.1) is 6.54 Å². The number of rotatable bonds is 7. The van der Waals surface area contributed by atoms with Crippen LogP contribution in [0.25, 0.3) is 0 Å². The number of hydrogen-bond donors (Lipinski definition) is 2. The second-order valence-corrected chi connectivity index (χ2v) is 7.13. The number of carbonyl (C=O) groups excluding carboxylic acids is 1. The van der Waals surface area contributed by atoms with Crippen molar-refractivity contribution in [2.24, 2.45) is 5.92 Å². The maximum Gasteiger partial charge on any atom is 0.232 e. The predicted molar refractivity (Wildman–Crippen MR) is 105 cm³/mol. The van der Waals surface area contributed by atoms with E-state index in [4.69, 9.17) is 5.73 Å². The van der Waals surface area contributed by atoms with Crippen LogP contribution in [0.15, 0.2) is 24.3 Å². The molecule has 1 aliphatic rings. The molecule has 1 aliphatic heterocycles. The molecule has 1 aromatic carbocycles. The van der Waals surface area contributed by atoms with Crippen LogP contribution in [0.3, 0.4) is 0 Å². The van der Waals surface area contributed by atoms with Crippen molar-refractivity contribution in [3.63, 3.8) is 0 Å². The van der Waals surface area contributed by atoms with E-state index >= 15 is 0 Å². The van der Waals surface area contributed by atoms with Gasteiger partial charge < -0.3 is 16.0 Å². The molecule has 0 unspecified atom stereocenters. The number of nitrogen functional groups attached to an aromatic ring is 1. The summed E-state index contributed by atoms with van der Waals surface area (Å²) in [6.07, 6.45) is 0.609. The van der Waals surface area contributed by atoms with Gasteiger partial charge in [-0.25, -0.2) is 0 Å². The highest BCUT2D eigenvalue weighted by Crippen LogP contribution is 2.19. The Kier molecular flexibility index (Phi) is 5.85. The van der Waals surface area contributed by atoms with Gasteiger partial charge in [0.25, 0.3) is 0 Å². The van der Waals surface area contributed by atoms with Crippen molar-refractivity contribution in [2.45, 2.75) is 26.8 Å². The van der Waals surface area contributed by atoms with Gasteiger partial charge in [0, 0.05) is 31.7 Å². The molecule has 27 heavy (non-hydrogen) atoms. The van der Waals surface area contributed by atoms with E-state index in [1.165, 1.54) is 0 Å². The first-order valence-electron chi connectivity index (χ1n) is 9.23. The van der Waals surface area contributed by atoms with Gasteiger partial charge in [0.1, 0.15) is 5.82 Å². The number of amides is 1. The Hall–Kier alpha value is -2.74. The van der Waals surface area contributed by atoms with Crippen LogP contribution in [-0.2, 0) is 11.3 Å². The van der Waals surface area contributed by atoms with E-state index in [2.05, 4.69) is 25.2 Å². The lowest BCUT2D eigenvalue weighted by Crippen LogP contribution is -2.29. The average molecular weight is 369 g/mol. The highest BCUT2D eigenvalue weighted by atomic mass is 16.2. The number of benzene rings is 1. The van der Waals surface area contributed by atoms with E-state index in [0.717, 1.165) is 30.9 Å². The van der Waals surface area contributed by atoms with E-state index in [1.54, 1.807) is 0 Å². The van der Waals surface area contributed by atoms with E-state index < -0.39 is 0 Å². The number of nitrogens with one attached hydrogen (secondary N) is 1. The highest BCUT2D eigenvalue weighted by Gasteiger charge is 2.29. The van der Waals surface area contributed by atoms with Gasteiger partial charge in [-0.15, -0.1) is 0 Å². The molecule has 2 heterocycles. The Balaban J connectivity index is 1.63. The number of nitrogens with zero attached hydrogens (tertiary/aromatic N) is 5. The SMILES string of the molecule is CCN1C[C@@H](CN(C)Cc2nc(N)nc(Nc3cccc(C)c3)n2)CC1=O. The Bertz CT molecular complexity index is 810. The minimum absolute atomic E-state index is 0.191. The van der Waals surface area contributed by atoms with E-state index in [9.17, 15) is 4.79 Å². The van der Waals surface area contributed by atoms with Gasteiger partial charge in [-0.3, -0.25) is 9.69 Å². The Labute approximate surface area is 159 Å². The molecule has 0 bridgehead atoms. The Morgan fingerprint density at radius 1 is 1.33 bits per heavy atom. The van der Waals surface area contributed by atoms with Gasteiger partial charge in [0.2, 0.25) is 17.8 Å². The number of aryl methyl sites for hydroxylation is 1. The molecule has 0 aliphatic carbocycles.